The number of hydrogen-bond acceptors (Lipinski definition) is 4. The topological polar surface area (TPSA) is 44.2 Å². The molecule has 3 rings (SSSR count). The van der Waals surface area contributed by atoms with Crippen molar-refractivity contribution >= 4 is 0 Å². The molecular formula is C33H45FN2O2. The number of alkyl halides is 1. The van der Waals surface area contributed by atoms with Gasteiger partial charge in [0, 0.05) is 23.5 Å². The molecule has 0 aliphatic heterocycles. The lowest BCUT2D eigenvalue weighted by Gasteiger charge is -2.11. The lowest BCUT2D eigenvalue weighted by Crippen LogP contribution is -2.12. The van der Waals surface area contributed by atoms with Crippen LogP contribution in [0.2, 0.25) is 0 Å². The third kappa shape index (κ3) is 10.8. The molecule has 206 valence electrons. The summed E-state index contributed by atoms with van der Waals surface area (Å²) in [6.45, 7) is 5.29. The average molecular weight is 521 g/mol. The Hall–Kier alpha value is -2.95. The van der Waals surface area contributed by atoms with Crippen molar-refractivity contribution in [2.45, 2.75) is 97.1 Å². The second-order valence-electron chi connectivity index (χ2n) is 10.1. The highest BCUT2D eigenvalue weighted by Crippen LogP contribution is 2.24. The Morgan fingerprint density at radius 3 is 1.76 bits per heavy atom. The van der Waals surface area contributed by atoms with E-state index in [1.165, 1.54) is 51.4 Å². The van der Waals surface area contributed by atoms with E-state index in [0.29, 0.717) is 18.0 Å². The number of hydrogen-bond donors (Lipinski definition) is 0. The van der Waals surface area contributed by atoms with E-state index in [0.717, 1.165) is 48.3 Å². The van der Waals surface area contributed by atoms with Gasteiger partial charge >= 0.3 is 0 Å². The van der Waals surface area contributed by atoms with Gasteiger partial charge in [0.15, 0.2) is 5.82 Å². The molecule has 0 aliphatic rings. The summed E-state index contributed by atoms with van der Waals surface area (Å²) in [5, 5.41) is 0. The molecule has 2 aromatic carbocycles. The van der Waals surface area contributed by atoms with Gasteiger partial charge in [0.1, 0.15) is 24.3 Å². The molecule has 0 saturated heterocycles. The van der Waals surface area contributed by atoms with E-state index in [1.807, 2.05) is 60.9 Å². The van der Waals surface area contributed by atoms with E-state index >= 15 is 0 Å². The summed E-state index contributed by atoms with van der Waals surface area (Å²) in [7, 11) is 0. The van der Waals surface area contributed by atoms with Gasteiger partial charge in [-0.2, -0.15) is 0 Å². The Bertz CT molecular complexity index is 1010. The number of halogens is 1. The minimum Gasteiger partial charge on any atom is -0.494 e. The minimum atomic E-state index is -0.919. The first-order valence-electron chi connectivity index (χ1n) is 14.6. The van der Waals surface area contributed by atoms with Crippen LogP contribution in [0.15, 0.2) is 60.9 Å². The smallest absolute Gasteiger partial charge is 0.159 e. The predicted octanol–water partition coefficient (Wildman–Crippen LogP) is 9.63. The SMILES string of the molecule is CCCCCCCCCC(F)COc1ccc(-c2cnc(-c3ccc(OCCCCCC)cc3)nc2)cc1. The molecule has 0 bridgehead atoms. The standard InChI is InChI=1S/C33H45FN2O2/c1-3-5-7-9-10-11-12-14-30(34)26-38-32-19-15-27(16-20-32)29-24-35-33(36-25-29)28-17-21-31(22-18-28)37-23-13-8-6-4-2/h15-22,24-25,30H,3-14,23,26H2,1-2H3. The van der Waals surface area contributed by atoms with Crippen LogP contribution in [0.1, 0.15) is 90.9 Å². The second-order valence-corrected chi connectivity index (χ2v) is 10.1. The molecule has 4 nitrogen and oxygen atoms in total. The predicted molar refractivity (Wildman–Crippen MR) is 156 cm³/mol. The Morgan fingerprint density at radius 2 is 1.13 bits per heavy atom. The highest BCUT2D eigenvalue weighted by atomic mass is 19.1. The number of rotatable bonds is 19. The molecular weight excluding hydrogens is 475 g/mol. The van der Waals surface area contributed by atoms with Crippen molar-refractivity contribution in [3.8, 4) is 34.0 Å². The molecule has 0 N–H and O–H groups in total. The fourth-order valence-electron chi connectivity index (χ4n) is 4.38. The molecule has 0 amide bonds. The monoisotopic (exact) mass is 520 g/mol. The van der Waals surface area contributed by atoms with Crippen molar-refractivity contribution in [1.82, 2.24) is 9.97 Å². The van der Waals surface area contributed by atoms with Crippen molar-refractivity contribution < 1.29 is 13.9 Å². The van der Waals surface area contributed by atoms with Crippen LogP contribution in [-0.2, 0) is 0 Å². The molecule has 0 aliphatic carbocycles. The van der Waals surface area contributed by atoms with Gasteiger partial charge in [-0.15, -0.1) is 0 Å². The minimum absolute atomic E-state index is 0.107. The number of aromatic nitrogens is 2. The van der Waals surface area contributed by atoms with E-state index < -0.39 is 6.17 Å². The van der Waals surface area contributed by atoms with Crippen LogP contribution in [-0.4, -0.2) is 29.4 Å². The maximum Gasteiger partial charge on any atom is 0.159 e. The summed E-state index contributed by atoms with van der Waals surface area (Å²) in [4.78, 5) is 9.11. The molecule has 0 saturated carbocycles. The van der Waals surface area contributed by atoms with Crippen molar-refractivity contribution in [1.29, 1.82) is 0 Å². The molecule has 1 unspecified atom stereocenters. The van der Waals surface area contributed by atoms with Gasteiger partial charge in [-0.25, -0.2) is 14.4 Å². The summed E-state index contributed by atoms with van der Waals surface area (Å²) in [6, 6.07) is 15.6. The van der Waals surface area contributed by atoms with E-state index in [1.54, 1.807) is 0 Å². The van der Waals surface area contributed by atoms with Gasteiger partial charge in [0.25, 0.3) is 0 Å². The average Bonchev–Trinajstić information content (AvgIpc) is 2.96. The number of ether oxygens (including phenoxy) is 2. The van der Waals surface area contributed by atoms with Gasteiger partial charge in [0.2, 0.25) is 0 Å². The first-order valence-corrected chi connectivity index (χ1v) is 14.6. The van der Waals surface area contributed by atoms with E-state index in [4.69, 9.17) is 9.47 Å². The van der Waals surface area contributed by atoms with Gasteiger partial charge in [-0.05, 0) is 54.8 Å². The summed E-state index contributed by atoms with van der Waals surface area (Å²) >= 11 is 0. The van der Waals surface area contributed by atoms with Crippen molar-refractivity contribution in [3.63, 3.8) is 0 Å². The van der Waals surface area contributed by atoms with Gasteiger partial charge in [0.05, 0.1) is 6.61 Å². The largest absolute Gasteiger partial charge is 0.494 e. The van der Waals surface area contributed by atoms with Crippen LogP contribution in [0.5, 0.6) is 11.5 Å². The summed E-state index contributed by atoms with van der Waals surface area (Å²) < 4.78 is 25.7. The molecule has 3 aromatic rings. The Morgan fingerprint density at radius 1 is 0.605 bits per heavy atom. The first kappa shape index (κ1) is 29.6. The zero-order chi connectivity index (χ0) is 26.8. The molecule has 38 heavy (non-hydrogen) atoms. The number of benzene rings is 2. The van der Waals surface area contributed by atoms with E-state index in [2.05, 4.69) is 23.8 Å². The second kappa shape index (κ2) is 17.5. The fourth-order valence-corrected chi connectivity index (χ4v) is 4.38. The van der Waals surface area contributed by atoms with Gasteiger partial charge < -0.3 is 9.47 Å². The molecule has 1 heterocycles. The lowest BCUT2D eigenvalue weighted by molar-refractivity contribution is 0.184. The zero-order valence-corrected chi connectivity index (χ0v) is 23.3. The third-order valence-corrected chi connectivity index (χ3v) is 6.77. The van der Waals surface area contributed by atoms with E-state index in [9.17, 15) is 4.39 Å². The van der Waals surface area contributed by atoms with Gasteiger partial charge in [-0.3, -0.25) is 0 Å². The van der Waals surface area contributed by atoms with Crippen LogP contribution >= 0.6 is 0 Å². The molecule has 0 radical (unpaired) electrons. The lowest BCUT2D eigenvalue weighted by atomic mass is 10.1. The first-order chi connectivity index (χ1) is 18.7. The van der Waals surface area contributed by atoms with Crippen LogP contribution < -0.4 is 9.47 Å². The maximum absolute atomic E-state index is 14.2. The number of nitrogens with zero attached hydrogens (tertiary/aromatic N) is 2. The highest BCUT2D eigenvalue weighted by molar-refractivity contribution is 5.64. The zero-order valence-electron chi connectivity index (χ0n) is 23.3. The Kier molecular flexibility index (Phi) is 13.7. The fraction of sp³-hybridized carbons (Fsp3) is 0.515. The van der Waals surface area contributed by atoms with Crippen LogP contribution in [0.4, 0.5) is 4.39 Å². The maximum atomic E-state index is 14.2. The molecule has 0 spiro atoms. The van der Waals surface area contributed by atoms with E-state index in [-0.39, 0.29) is 6.61 Å². The van der Waals surface area contributed by atoms with Gasteiger partial charge in [-0.1, -0.05) is 90.2 Å². The van der Waals surface area contributed by atoms with Crippen molar-refractivity contribution in [2.75, 3.05) is 13.2 Å². The third-order valence-electron chi connectivity index (χ3n) is 6.77. The Labute approximate surface area is 229 Å². The van der Waals surface area contributed by atoms with Crippen molar-refractivity contribution in [2.24, 2.45) is 0 Å². The summed E-state index contributed by atoms with van der Waals surface area (Å²) in [5.74, 6) is 2.24. The highest BCUT2D eigenvalue weighted by Gasteiger charge is 2.09. The number of unbranched alkanes of at least 4 members (excludes halogenated alkanes) is 9. The van der Waals surface area contributed by atoms with Crippen LogP contribution in [0, 0.1) is 0 Å². The summed E-state index contributed by atoms with van der Waals surface area (Å²) in [6.07, 6.45) is 16.5. The van der Waals surface area contributed by atoms with Crippen LogP contribution in [0.25, 0.3) is 22.5 Å². The Balaban J connectivity index is 1.40. The quantitative estimate of drug-likeness (QED) is 0.148. The molecule has 0 fully saturated rings. The molecule has 1 aromatic heterocycles. The molecule has 1 atom stereocenters. The molecule has 5 heteroatoms. The van der Waals surface area contributed by atoms with Crippen LogP contribution in [0.3, 0.4) is 0 Å². The normalized spacial score (nSPS) is 11.9. The summed E-state index contributed by atoms with van der Waals surface area (Å²) in [5.41, 5.74) is 2.88. The van der Waals surface area contributed by atoms with Crippen molar-refractivity contribution in [3.05, 3.63) is 60.9 Å².